The van der Waals surface area contributed by atoms with Crippen LogP contribution in [0.4, 0.5) is 4.39 Å². The van der Waals surface area contributed by atoms with Gasteiger partial charge in [0.15, 0.2) is 0 Å². The minimum atomic E-state index is -1.19. The number of amides is 1. The van der Waals surface area contributed by atoms with Crippen LogP contribution in [0.3, 0.4) is 0 Å². The Morgan fingerprint density at radius 2 is 1.74 bits per heavy atom. The minimum Gasteiger partial charge on any atom is -0.480 e. The molecule has 1 atom stereocenters. The number of aliphatic hydroxyl groups is 1. The first kappa shape index (κ1) is 15.9. The molecule has 1 aromatic rings. The number of piperidine rings is 1. The molecule has 1 aromatic carbocycles. The summed E-state index contributed by atoms with van der Waals surface area (Å²) >= 11 is 0. The molecule has 1 heterocycles. The molecule has 5 nitrogen and oxygen atoms in total. The topological polar surface area (TPSA) is 77.8 Å². The second kappa shape index (κ2) is 5.92. The van der Waals surface area contributed by atoms with E-state index in [0.29, 0.717) is 44.3 Å². The van der Waals surface area contributed by atoms with Crippen molar-refractivity contribution in [2.45, 2.75) is 31.8 Å². The van der Waals surface area contributed by atoms with Gasteiger partial charge in [-0.15, -0.1) is 0 Å². The Bertz CT molecular complexity index is 604. The molecule has 0 aromatic heterocycles. The zero-order valence-electron chi connectivity index (χ0n) is 12.7. The number of benzene rings is 1. The van der Waals surface area contributed by atoms with Crippen LogP contribution in [0.1, 0.15) is 37.4 Å². The van der Waals surface area contributed by atoms with Gasteiger partial charge in [-0.1, -0.05) is 12.1 Å². The number of carbonyl (C=O) groups is 2. The fourth-order valence-electron chi connectivity index (χ4n) is 3.30. The predicted molar refractivity (Wildman–Crippen MR) is 80.0 cm³/mol. The SMILES string of the molecule is O=C(O)C1(C(=O)N2CCC([C@@H](O)c3ccc(F)cc3)CC2)CC1. The first-order chi connectivity index (χ1) is 10.9. The van der Waals surface area contributed by atoms with E-state index in [1.165, 1.54) is 12.1 Å². The molecule has 2 N–H and O–H groups in total. The molecule has 6 heteroatoms. The maximum Gasteiger partial charge on any atom is 0.319 e. The first-order valence-electron chi connectivity index (χ1n) is 7.90. The number of halogens is 1. The summed E-state index contributed by atoms with van der Waals surface area (Å²) in [6.07, 6.45) is 1.36. The highest BCUT2D eigenvalue weighted by Crippen LogP contribution is 2.48. The van der Waals surface area contributed by atoms with E-state index in [0.717, 1.165) is 0 Å². The van der Waals surface area contributed by atoms with Crippen molar-refractivity contribution in [1.82, 2.24) is 4.90 Å². The molecule has 1 amide bonds. The molecule has 124 valence electrons. The Hall–Kier alpha value is -1.95. The molecular formula is C17H20FNO4. The lowest BCUT2D eigenvalue weighted by molar-refractivity contribution is -0.154. The van der Waals surface area contributed by atoms with Crippen LogP contribution in [-0.2, 0) is 9.59 Å². The summed E-state index contributed by atoms with van der Waals surface area (Å²) in [6, 6.07) is 5.78. The number of nitrogens with zero attached hydrogens (tertiary/aromatic N) is 1. The molecule has 3 rings (SSSR count). The summed E-state index contributed by atoms with van der Waals surface area (Å²) in [6.45, 7) is 0.910. The average Bonchev–Trinajstić information content (AvgIpc) is 3.36. The van der Waals surface area contributed by atoms with Crippen LogP contribution in [0.5, 0.6) is 0 Å². The number of hydrogen-bond donors (Lipinski definition) is 2. The minimum absolute atomic E-state index is 0.00973. The van der Waals surface area contributed by atoms with Crippen LogP contribution in [0.2, 0.25) is 0 Å². The van der Waals surface area contributed by atoms with E-state index in [1.807, 2.05) is 0 Å². The van der Waals surface area contributed by atoms with Crippen molar-refractivity contribution in [2.24, 2.45) is 11.3 Å². The summed E-state index contributed by atoms with van der Waals surface area (Å²) in [5.74, 6) is -1.68. The van der Waals surface area contributed by atoms with Gasteiger partial charge in [0.1, 0.15) is 11.2 Å². The first-order valence-corrected chi connectivity index (χ1v) is 7.90. The van der Waals surface area contributed by atoms with Gasteiger partial charge in [-0.3, -0.25) is 9.59 Å². The van der Waals surface area contributed by atoms with Gasteiger partial charge in [0.05, 0.1) is 6.10 Å². The summed E-state index contributed by atoms with van der Waals surface area (Å²) < 4.78 is 12.9. The molecule has 2 aliphatic rings. The zero-order chi connectivity index (χ0) is 16.6. The average molecular weight is 321 g/mol. The summed E-state index contributed by atoms with van der Waals surface area (Å²) in [7, 11) is 0. The summed E-state index contributed by atoms with van der Waals surface area (Å²) in [5, 5.41) is 19.6. The van der Waals surface area contributed by atoms with Crippen molar-refractivity contribution >= 4 is 11.9 Å². The number of hydrogen-bond acceptors (Lipinski definition) is 3. The lowest BCUT2D eigenvalue weighted by atomic mass is 9.87. The van der Waals surface area contributed by atoms with Crippen molar-refractivity contribution in [3.05, 3.63) is 35.6 Å². The molecule has 1 aliphatic heterocycles. The molecule has 0 radical (unpaired) electrons. The Kier molecular flexibility index (Phi) is 4.10. The van der Waals surface area contributed by atoms with Crippen LogP contribution in [0.25, 0.3) is 0 Å². The van der Waals surface area contributed by atoms with Crippen molar-refractivity contribution < 1.29 is 24.2 Å². The van der Waals surface area contributed by atoms with Crippen LogP contribution in [-0.4, -0.2) is 40.1 Å². The summed E-state index contributed by atoms with van der Waals surface area (Å²) in [4.78, 5) is 25.2. The maximum absolute atomic E-state index is 12.9. The van der Waals surface area contributed by atoms with Gasteiger partial charge in [-0.05, 0) is 49.3 Å². The van der Waals surface area contributed by atoms with Crippen molar-refractivity contribution in [3.63, 3.8) is 0 Å². The smallest absolute Gasteiger partial charge is 0.319 e. The van der Waals surface area contributed by atoms with Gasteiger partial charge in [0, 0.05) is 13.1 Å². The number of aliphatic hydroxyl groups excluding tert-OH is 1. The predicted octanol–water partition coefficient (Wildman–Crippen LogP) is 1.96. The van der Waals surface area contributed by atoms with Crippen LogP contribution in [0, 0.1) is 17.2 Å². The number of rotatable bonds is 4. The second-order valence-electron chi connectivity index (χ2n) is 6.51. The number of carboxylic acids is 1. The van der Waals surface area contributed by atoms with E-state index in [9.17, 15) is 24.2 Å². The number of carbonyl (C=O) groups excluding carboxylic acids is 1. The van der Waals surface area contributed by atoms with E-state index in [4.69, 9.17) is 0 Å². The fraction of sp³-hybridized carbons (Fsp3) is 0.529. The van der Waals surface area contributed by atoms with Crippen molar-refractivity contribution in [3.8, 4) is 0 Å². The van der Waals surface area contributed by atoms with E-state index < -0.39 is 17.5 Å². The Morgan fingerprint density at radius 3 is 2.22 bits per heavy atom. The molecule has 0 unspecified atom stereocenters. The standard InChI is InChI=1S/C17H20FNO4/c18-13-3-1-11(2-4-13)14(20)12-5-9-19(10-6-12)15(21)17(7-8-17)16(22)23/h1-4,12,14,20H,5-10H2,(H,22,23)/t14-/m0/s1. The molecule has 1 saturated carbocycles. The van der Waals surface area contributed by atoms with Gasteiger partial charge in [-0.2, -0.15) is 0 Å². The molecule has 0 spiro atoms. The number of carboxylic acid groups (broad SMARTS) is 1. The highest BCUT2D eigenvalue weighted by atomic mass is 19.1. The molecule has 1 saturated heterocycles. The lowest BCUT2D eigenvalue weighted by Gasteiger charge is -2.35. The van der Waals surface area contributed by atoms with Crippen LogP contribution < -0.4 is 0 Å². The number of likely N-dealkylation sites (tertiary alicyclic amines) is 1. The van der Waals surface area contributed by atoms with Crippen LogP contribution >= 0.6 is 0 Å². The third-order valence-electron chi connectivity index (χ3n) is 5.05. The molecule has 23 heavy (non-hydrogen) atoms. The Labute approximate surface area is 133 Å². The fourth-order valence-corrected chi connectivity index (χ4v) is 3.30. The third-order valence-corrected chi connectivity index (χ3v) is 5.05. The monoisotopic (exact) mass is 321 g/mol. The van der Waals surface area contributed by atoms with Gasteiger partial charge in [-0.25, -0.2) is 4.39 Å². The Balaban J connectivity index is 1.59. The Morgan fingerprint density at radius 1 is 1.17 bits per heavy atom. The van der Waals surface area contributed by atoms with E-state index in [2.05, 4.69) is 0 Å². The van der Waals surface area contributed by atoms with Gasteiger partial charge >= 0.3 is 5.97 Å². The number of aliphatic carboxylic acids is 1. The molecule has 0 bridgehead atoms. The van der Waals surface area contributed by atoms with E-state index >= 15 is 0 Å². The molecule has 2 fully saturated rings. The lowest BCUT2D eigenvalue weighted by Crippen LogP contribution is -2.45. The highest BCUT2D eigenvalue weighted by molar-refractivity contribution is 6.04. The second-order valence-corrected chi connectivity index (χ2v) is 6.51. The maximum atomic E-state index is 12.9. The summed E-state index contributed by atoms with van der Waals surface area (Å²) in [5.41, 5.74) is -0.525. The van der Waals surface area contributed by atoms with Gasteiger partial charge in [0.25, 0.3) is 0 Å². The largest absolute Gasteiger partial charge is 0.480 e. The molecule has 1 aliphatic carbocycles. The van der Waals surface area contributed by atoms with Crippen molar-refractivity contribution in [1.29, 1.82) is 0 Å². The zero-order valence-corrected chi connectivity index (χ0v) is 12.7. The highest BCUT2D eigenvalue weighted by Gasteiger charge is 2.58. The van der Waals surface area contributed by atoms with Gasteiger partial charge < -0.3 is 15.1 Å². The van der Waals surface area contributed by atoms with Crippen LogP contribution in [0.15, 0.2) is 24.3 Å². The third kappa shape index (κ3) is 2.95. The molecular weight excluding hydrogens is 301 g/mol. The van der Waals surface area contributed by atoms with E-state index in [-0.39, 0.29) is 17.6 Å². The normalized spacial score (nSPS) is 21.7. The van der Waals surface area contributed by atoms with Crippen molar-refractivity contribution in [2.75, 3.05) is 13.1 Å². The quantitative estimate of drug-likeness (QED) is 0.831. The van der Waals surface area contributed by atoms with Gasteiger partial charge in [0.2, 0.25) is 5.91 Å². The van der Waals surface area contributed by atoms with E-state index in [1.54, 1.807) is 17.0 Å².